The molecule has 0 spiro atoms. The van der Waals surface area contributed by atoms with Crippen LogP contribution < -0.4 is 5.32 Å². The van der Waals surface area contributed by atoms with Crippen LogP contribution >= 0.6 is 0 Å². The van der Waals surface area contributed by atoms with Crippen molar-refractivity contribution in [3.8, 4) is 0 Å². The molecule has 7 heteroatoms. The maximum Gasteiger partial charge on any atom is 0.340 e. The molecular formula is C24H28N4O3. The lowest BCUT2D eigenvalue weighted by molar-refractivity contribution is -0.130. The topological polar surface area (TPSA) is 86.1 Å². The summed E-state index contributed by atoms with van der Waals surface area (Å²) in [5, 5.41) is 8.00. The average Bonchev–Trinajstić information content (AvgIpc) is 3.45. The third kappa shape index (κ3) is 4.45. The fourth-order valence-corrected chi connectivity index (χ4v) is 3.46. The minimum absolute atomic E-state index is 0.0951. The number of aromatic nitrogens is 3. The van der Waals surface area contributed by atoms with Crippen LogP contribution in [0.5, 0.6) is 0 Å². The summed E-state index contributed by atoms with van der Waals surface area (Å²) in [6.07, 6.45) is 2.54. The van der Waals surface area contributed by atoms with Gasteiger partial charge in [-0.25, -0.2) is 14.5 Å². The van der Waals surface area contributed by atoms with Gasteiger partial charge in [0.25, 0.3) is 5.91 Å². The summed E-state index contributed by atoms with van der Waals surface area (Å²) in [4.78, 5) is 30.9. The van der Waals surface area contributed by atoms with Crippen molar-refractivity contribution >= 4 is 22.9 Å². The van der Waals surface area contributed by atoms with Gasteiger partial charge in [0.05, 0.1) is 17.1 Å². The predicted octanol–water partition coefficient (Wildman–Crippen LogP) is 4.31. The highest BCUT2D eigenvalue weighted by Crippen LogP contribution is 2.28. The Bertz CT molecular complexity index is 1100. The number of nitrogens with zero attached hydrogens (tertiary/aromatic N) is 3. The van der Waals surface area contributed by atoms with Crippen LogP contribution in [0.3, 0.4) is 0 Å². The maximum atomic E-state index is 13.3. The number of benzene rings is 1. The van der Waals surface area contributed by atoms with E-state index in [1.165, 1.54) is 0 Å². The fraction of sp³-hybridized carbons (Fsp3) is 0.417. The number of fused-ring (bicyclic) bond motifs is 1. The second-order valence-corrected chi connectivity index (χ2v) is 8.65. The molecule has 1 aromatic carbocycles. The van der Waals surface area contributed by atoms with Gasteiger partial charge in [0.1, 0.15) is 0 Å². The van der Waals surface area contributed by atoms with E-state index in [4.69, 9.17) is 9.72 Å². The summed E-state index contributed by atoms with van der Waals surface area (Å²) in [6.45, 7) is 8.08. The van der Waals surface area contributed by atoms with E-state index in [0.29, 0.717) is 22.2 Å². The molecule has 1 atom stereocenters. The second kappa shape index (κ2) is 8.49. The molecule has 2 heterocycles. The number of nitrogens with one attached hydrogen (secondary N) is 1. The number of ether oxygens (including phenoxy) is 1. The summed E-state index contributed by atoms with van der Waals surface area (Å²) in [5.74, 6) is -0.735. The number of carbonyl (C=O) groups is 2. The number of carbonyl (C=O) groups excluding carboxylic acids is 2. The van der Waals surface area contributed by atoms with Gasteiger partial charge in [0, 0.05) is 23.3 Å². The van der Waals surface area contributed by atoms with Crippen LogP contribution in [-0.4, -0.2) is 32.7 Å². The molecular weight excluding hydrogens is 392 g/mol. The van der Waals surface area contributed by atoms with E-state index in [-0.39, 0.29) is 23.9 Å². The molecule has 1 fully saturated rings. The van der Waals surface area contributed by atoms with Crippen molar-refractivity contribution in [2.24, 2.45) is 0 Å². The molecule has 0 aliphatic heterocycles. The number of pyridine rings is 1. The Labute approximate surface area is 181 Å². The van der Waals surface area contributed by atoms with Crippen molar-refractivity contribution in [2.45, 2.75) is 64.6 Å². The van der Waals surface area contributed by atoms with Gasteiger partial charge < -0.3 is 10.1 Å². The normalized spacial score (nSPS) is 14.8. The van der Waals surface area contributed by atoms with Crippen LogP contribution in [0.1, 0.15) is 80.2 Å². The highest BCUT2D eigenvalue weighted by molar-refractivity contribution is 6.03. The summed E-state index contributed by atoms with van der Waals surface area (Å²) in [5.41, 5.74) is 2.44. The average molecular weight is 421 g/mol. The lowest BCUT2D eigenvalue weighted by Crippen LogP contribution is -2.33. The second-order valence-electron chi connectivity index (χ2n) is 8.65. The van der Waals surface area contributed by atoms with E-state index < -0.39 is 12.1 Å². The van der Waals surface area contributed by atoms with Crippen molar-refractivity contribution < 1.29 is 14.3 Å². The lowest BCUT2D eigenvalue weighted by atomic mass is 10.0. The first-order chi connectivity index (χ1) is 14.8. The predicted molar refractivity (Wildman–Crippen MR) is 118 cm³/mol. The zero-order valence-corrected chi connectivity index (χ0v) is 18.3. The first-order valence-electron chi connectivity index (χ1n) is 10.8. The quantitative estimate of drug-likeness (QED) is 0.576. The zero-order valence-electron chi connectivity index (χ0n) is 18.3. The molecule has 3 aromatic rings. The Balaban J connectivity index is 1.72. The fourth-order valence-electron chi connectivity index (χ4n) is 3.46. The van der Waals surface area contributed by atoms with Crippen molar-refractivity contribution in [1.82, 2.24) is 20.1 Å². The largest absolute Gasteiger partial charge is 0.444 e. The zero-order chi connectivity index (χ0) is 22.1. The van der Waals surface area contributed by atoms with Gasteiger partial charge in [-0.3, -0.25) is 4.79 Å². The minimum atomic E-state index is -1.01. The molecule has 0 bridgehead atoms. The van der Waals surface area contributed by atoms with E-state index in [2.05, 4.69) is 10.4 Å². The van der Waals surface area contributed by atoms with Gasteiger partial charge in [-0.1, -0.05) is 44.2 Å². The minimum Gasteiger partial charge on any atom is -0.444 e. The highest BCUT2D eigenvalue weighted by Gasteiger charge is 2.32. The summed E-state index contributed by atoms with van der Waals surface area (Å²) >= 11 is 0. The molecule has 2 aromatic heterocycles. The summed E-state index contributed by atoms with van der Waals surface area (Å²) in [7, 11) is 0. The van der Waals surface area contributed by atoms with Crippen LogP contribution in [0.25, 0.3) is 11.0 Å². The SMILES string of the molecule is CC(C)c1cc(C(=O)OC(C(=O)NC2CC2)c2ccccc2)c2cnn(C(C)C)c2n1. The number of amides is 1. The number of rotatable bonds is 7. The van der Waals surface area contributed by atoms with Crippen molar-refractivity contribution in [3.63, 3.8) is 0 Å². The Kier molecular flexibility index (Phi) is 5.76. The molecule has 1 aliphatic rings. The third-order valence-corrected chi connectivity index (χ3v) is 5.38. The van der Waals surface area contributed by atoms with Gasteiger partial charge in [-0.15, -0.1) is 0 Å². The van der Waals surface area contributed by atoms with Crippen molar-refractivity contribution in [2.75, 3.05) is 0 Å². The molecule has 1 saturated carbocycles. The number of hydrogen-bond donors (Lipinski definition) is 1. The van der Waals surface area contributed by atoms with E-state index in [0.717, 1.165) is 18.5 Å². The monoisotopic (exact) mass is 420 g/mol. The van der Waals surface area contributed by atoms with Gasteiger partial charge in [0.15, 0.2) is 5.65 Å². The molecule has 1 aliphatic carbocycles. The Morgan fingerprint density at radius 2 is 1.84 bits per heavy atom. The van der Waals surface area contributed by atoms with Gasteiger partial charge in [-0.2, -0.15) is 5.10 Å². The van der Waals surface area contributed by atoms with Crippen molar-refractivity contribution in [1.29, 1.82) is 0 Å². The number of hydrogen-bond acceptors (Lipinski definition) is 5. The van der Waals surface area contributed by atoms with E-state index in [1.807, 2.05) is 45.9 Å². The van der Waals surface area contributed by atoms with Gasteiger partial charge in [-0.05, 0) is 38.7 Å². The molecule has 1 amide bonds. The Hall–Kier alpha value is -3.22. The van der Waals surface area contributed by atoms with Crippen LogP contribution in [0.4, 0.5) is 0 Å². The molecule has 31 heavy (non-hydrogen) atoms. The summed E-state index contributed by atoms with van der Waals surface area (Å²) < 4.78 is 7.61. The van der Waals surface area contributed by atoms with E-state index in [9.17, 15) is 9.59 Å². The smallest absolute Gasteiger partial charge is 0.340 e. The van der Waals surface area contributed by atoms with Gasteiger partial charge in [0.2, 0.25) is 6.10 Å². The van der Waals surface area contributed by atoms with E-state index >= 15 is 0 Å². The van der Waals surface area contributed by atoms with Crippen molar-refractivity contribution in [3.05, 3.63) is 59.4 Å². The Morgan fingerprint density at radius 3 is 2.45 bits per heavy atom. The lowest BCUT2D eigenvalue weighted by Gasteiger charge is -2.19. The Morgan fingerprint density at radius 1 is 1.13 bits per heavy atom. The summed E-state index contributed by atoms with van der Waals surface area (Å²) in [6, 6.07) is 11.1. The number of esters is 1. The molecule has 0 saturated heterocycles. The molecule has 1 unspecified atom stereocenters. The molecule has 1 N–H and O–H groups in total. The van der Waals surface area contributed by atoms with Crippen LogP contribution in [0, 0.1) is 0 Å². The van der Waals surface area contributed by atoms with Crippen LogP contribution in [0.2, 0.25) is 0 Å². The molecule has 4 rings (SSSR count). The molecule has 162 valence electrons. The molecule has 7 nitrogen and oxygen atoms in total. The van der Waals surface area contributed by atoms with Gasteiger partial charge >= 0.3 is 5.97 Å². The first-order valence-corrected chi connectivity index (χ1v) is 10.8. The van der Waals surface area contributed by atoms with Crippen LogP contribution in [-0.2, 0) is 9.53 Å². The molecule has 0 radical (unpaired) electrons. The first kappa shape index (κ1) is 21.0. The van der Waals surface area contributed by atoms with E-state index in [1.54, 1.807) is 29.1 Å². The van der Waals surface area contributed by atoms with Crippen LogP contribution in [0.15, 0.2) is 42.6 Å². The maximum absolute atomic E-state index is 13.3. The standard InChI is InChI=1S/C24H28N4O3/c1-14(2)20-12-18(19-13-25-28(15(3)4)22(19)27-20)24(30)31-21(16-8-6-5-7-9-16)23(29)26-17-10-11-17/h5-9,12-15,17,21H,10-11H2,1-4H3,(H,26,29). The third-order valence-electron chi connectivity index (χ3n) is 5.38. The highest BCUT2D eigenvalue weighted by atomic mass is 16.5.